The highest BCUT2D eigenvalue weighted by molar-refractivity contribution is 6.56. The number of aryl methyl sites for hydroxylation is 2. The molecule has 0 N–H and O–H groups in total. The van der Waals surface area contributed by atoms with Crippen molar-refractivity contribution in [3.63, 3.8) is 0 Å². The first-order valence-corrected chi connectivity index (χ1v) is 11.0. The van der Waals surface area contributed by atoms with Gasteiger partial charge in [0.15, 0.2) is 0 Å². The number of ether oxygens (including phenoxy) is 3. The fourth-order valence-corrected chi connectivity index (χ4v) is 2.65. The zero-order chi connectivity index (χ0) is 22.4. The van der Waals surface area contributed by atoms with Crippen molar-refractivity contribution < 1.29 is 19.0 Å². The molecule has 0 aliphatic rings. The molecule has 0 saturated carbocycles. The van der Waals surface area contributed by atoms with Crippen LogP contribution in [-0.4, -0.2) is 38.7 Å². The van der Waals surface area contributed by atoms with Gasteiger partial charge in [0.05, 0.1) is 25.5 Å². The van der Waals surface area contributed by atoms with Gasteiger partial charge < -0.3 is 19.0 Å². The molecule has 0 atom stereocenters. The molecular weight excluding hydrogens is 472 g/mol. The van der Waals surface area contributed by atoms with Crippen LogP contribution in [0.3, 0.4) is 0 Å². The molecule has 0 fully saturated rings. The van der Waals surface area contributed by atoms with E-state index < -0.39 is 0 Å². The normalized spacial score (nSPS) is 11.1. The van der Waals surface area contributed by atoms with E-state index in [9.17, 15) is 0 Å². The highest BCUT2D eigenvalue weighted by Crippen LogP contribution is 2.30. The van der Waals surface area contributed by atoms with E-state index >= 15 is 0 Å². The predicted octanol–water partition coefficient (Wildman–Crippen LogP) is 6.75. The van der Waals surface area contributed by atoms with Gasteiger partial charge in [-0.3, -0.25) is 0 Å². The van der Waals surface area contributed by atoms with Crippen LogP contribution in [-0.2, 0) is 16.0 Å². The summed E-state index contributed by atoms with van der Waals surface area (Å²) >= 11 is 22.2. The Balaban J connectivity index is 2.39. The summed E-state index contributed by atoms with van der Waals surface area (Å²) in [6.45, 7) is 7.89. The Hall–Kier alpha value is -1.11. The maximum atomic E-state index is 5.99. The number of benzene rings is 1. The Bertz CT molecular complexity index is 743. The van der Waals surface area contributed by atoms with E-state index in [0.29, 0.717) is 26.4 Å². The molecule has 1 aromatic carbocycles. The van der Waals surface area contributed by atoms with Crippen molar-refractivity contribution >= 4 is 52.1 Å². The third-order valence-corrected chi connectivity index (χ3v) is 4.33. The minimum absolute atomic E-state index is 0.149. The maximum Gasteiger partial charge on any atom is 0.138 e. The van der Waals surface area contributed by atoms with Gasteiger partial charge in [0, 0.05) is 6.42 Å². The molecule has 168 valence electrons. The number of oxime groups is 1. The molecular formula is C21H27Cl4NO4. The zero-order valence-corrected chi connectivity index (χ0v) is 20.4. The molecule has 0 aliphatic carbocycles. The number of hydrogen-bond donors (Lipinski definition) is 0. The Morgan fingerprint density at radius 3 is 2.37 bits per heavy atom. The second-order valence-electron chi connectivity index (χ2n) is 6.26. The van der Waals surface area contributed by atoms with Crippen molar-refractivity contribution in [1.82, 2.24) is 0 Å². The molecule has 0 amide bonds. The van der Waals surface area contributed by atoms with Crippen LogP contribution in [0, 0.1) is 6.92 Å². The second-order valence-corrected chi connectivity index (χ2v) is 8.27. The van der Waals surface area contributed by atoms with Crippen LogP contribution in [0.2, 0.25) is 0 Å². The third kappa shape index (κ3) is 11.9. The monoisotopic (exact) mass is 497 g/mol. The van der Waals surface area contributed by atoms with E-state index in [2.05, 4.69) is 12.1 Å². The van der Waals surface area contributed by atoms with Crippen LogP contribution in [0.4, 0.5) is 0 Å². The lowest BCUT2D eigenvalue weighted by Gasteiger charge is -2.15. The Morgan fingerprint density at radius 2 is 1.70 bits per heavy atom. The molecule has 0 unspecified atom stereocenters. The average molecular weight is 499 g/mol. The lowest BCUT2D eigenvalue weighted by atomic mass is 10.1. The molecule has 5 nitrogen and oxygen atoms in total. The molecule has 1 aromatic rings. The summed E-state index contributed by atoms with van der Waals surface area (Å²) in [7, 11) is 0. The van der Waals surface area contributed by atoms with Crippen molar-refractivity contribution in [3.8, 4) is 11.5 Å². The number of hydrogen-bond acceptors (Lipinski definition) is 5. The minimum atomic E-state index is 0.149. The van der Waals surface area contributed by atoms with E-state index in [1.165, 1.54) is 6.08 Å². The largest absolute Gasteiger partial charge is 0.493 e. The first-order chi connectivity index (χ1) is 14.3. The number of rotatable bonds is 14. The number of nitrogens with zero attached hydrogens (tertiary/aromatic N) is 1. The lowest BCUT2D eigenvalue weighted by molar-refractivity contribution is 0.140. The smallest absolute Gasteiger partial charge is 0.138 e. The van der Waals surface area contributed by atoms with Crippen LogP contribution in [0.1, 0.15) is 31.4 Å². The van der Waals surface area contributed by atoms with Gasteiger partial charge in [-0.2, -0.15) is 0 Å². The van der Waals surface area contributed by atoms with Crippen LogP contribution >= 0.6 is 46.4 Å². The molecule has 0 heterocycles. The third-order valence-electron chi connectivity index (χ3n) is 3.72. The topological polar surface area (TPSA) is 49.3 Å². The zero-order valence-electron chi connectivity index (χ0n) is 17.4. The van der Waals surface area contributed by atoms with Crippen molar-refractivity contribution in [3.05, 3.63) is 44.4 Å². The standard InChI is InChI=1S/C21H27Cl4NO4/c1-4-17-13-18(28-10-6-19(22)23)12-15(2)21(17)29-9-5-8-27-14-16(3)26-30-11-7-20(24)25/h6-7,12-13H,4-5,8-11,14H2,1-3H3. The maximum absolute atomic E-state index is 5.99. The van der Waals surface area contributed by atoms with E-state index in [1.54, 1.807) is 6.08 Å². The molecule has 0 spiro atoms. The molecule has 1 rings (SSSR count). The summed E-state index contributed by atoms with van der Waals surface area (Å²) in [5, 5.41) is 3.90. The second kappa shape index (κ2) is 15.7. The summed E-state index contributed by atoms with van der Waals surface area (Å²) in [6, 6.07) is 3.91. The Morgan fingerprint density at radius 1 is 1.00 bits per heavy atom. The van der Waals surface area contributed by atoms with Gasteiger partial charge in [-0.1, -0.05) is 58.5 Å². The molecule has 0 radical (unpaired) electrons. The fourth-order valence-electron chi connectivity index (χ4n) is 2.39. The first-order valence-electron chi connectivity index (χ1n) is 9.48. The molecule has 0 bridgehead atoms. The van der Waals surface area contributed by atoms with Crippen LogP contribution < -0.4 is 9.47 Å². The van der Waals surface area contributed by atoms with Gasteiger partial charge in [-0.15, -0.1) is 0 Å². The van der Waals surface area contributed by atoms with Crippen molar-refractivity contribution in [1.29, 1.82) is 0 Å². The van der Waals surface area contributed by atoms with Crippen LogP contribution in [0.25, 0.3) is 0 Å². The van der Waals surface area contributed by atoms with E-state index in [0.717, 1.165) is 41.2 Å². The molecule has 0 aliphatic heterocycles. The summed E-state index contributed by atoms with van der Waals surface area (Å²) in [6.07, 6.45) is 4.68. The lowest BCUT2D eigenvalue weighted by Crippen LogP contribution is -2.10. The van der Waals surface area contributed by atoms with Gasteiger partial charge in [0.1, 0.15) is 33.7 Å². The van der Waals surface area contributed by atoms with E-state index in [4.69, 9.17) is 65.5 Å². The Labute approximate surface area is 198 Å². The minimum Gasteiger partial charge on any atom is -0.493 e. The van der Waals surface area contributed by atoms with Gasteiger partial charge in [0.2, 0.25) is 0 Å². The molecule has 0 saturated heterocycles. The molecule has 30 heavy (non-hydrogen) atoms. The van der Waals surface area contributed by atoms with Crippen molar-refractivity contribution in [2.24, 2.45) is 5.16 Å². The molecule has 9 heteroatoms. The van der Waals surface area contributed by atoms with Crippen LogP contribution in [0.15, 0.2) is 38.4 Å². The van der Waals surface area contributed by atoms with E-state index in [1.807, 2.05) is 26.0 Å². The molecule has 0 aromatic heterocycles. The fraction of sp³-hybridized carbons (Fsp3) is 0.476. The van der Waals surface area contributed by atoms with Crippen molar-refractivity contribution in [2.45, 2.75) is 33.6 Å². The van der Waals surface area contributed by atoms with Gasteiger partial charge in [-0.05, 0) is 55.7 Å². The summed E-state index contributed by atoms with van der Waals surface area (Å²) in [4.78, 5) is 5.04. The van der Waals surface area contributed by atoms with Crippen molar-refractivity contribution in [2.75, 3.05) is 33.0 Å². The van der Waals surface area contributed by atoms with E-state index in [-0.39, 0.29) is 15.6 Å². The predicted molar refractivity (Wildman–Crippen MR) is 126 cm³/mol. The summed E-state index contributed by atoms with van der Waals surface area (Å²) in [5.41, 5.74) is 2.82. The summed E-state index contributed by atoms with van der Waals surface area (Å²) < 4.78 is 17.6. The van der Waals surface area contributed by atoms with Gasteiger partial charge in [-0.25, -0.2) is 0 Å². The van der Waals surface area contributed by atoms with Gasteiger partial charge >= 0.3 is 0 Å². The summed E-state index contributed by atoms with van der Waals surface area (Å²) in [5.74, 6) is 1.64. The SMILES string of the molecule is CCc1cc(OCC=C(Cl)Cl)cc(C)c1OCCCOCC(C)=NOCC=C(Cl)Cl. The van der Waals surface area contributed by atoms with Crippen LogP contribution in [0.5, 0.6) is 11.5 Å². The first kappa shape index (κ1) is 26.9. The highest BCUT2D eigenvalue weighted by Gasteiger charge is 2.09. The number of halogens is 4. The highest BCUT2D eigenvalue weighted by atomic mass is 35.5. The quantitative estimate of drug-likeness (QED) is 0.161. The average Bonchev–Trinajstić information content (AvgIpc) is 2.68. The van der Waals surface area contributed by atoms with Gasteiger partial charge in [0.25, 0.3) is 0 Å². The Kier molecular flexibility index (Phi) is 14.1.